The Hall–Kier alpha value is -7.96. The summed E-state index contributed by atoms with van der Waals surface area (Å²) in [6.07, 6.45) is 1.58. The first-order valence-corrected chi connectivity index (χ1v) is 19.8. The Kier molecular flexibility index (Phi) is 8.44. The normalized spacial score (nSPS) is 13.9. The summed E-state index contributed by atoms with van der Waals surface area (Å²) in [5.74, 6) is 2.36. The number of hydrogen-bond acceptors (Lipinski definition) is 5. The van der Waals surface area contributed by atoms with Gasteiger partial charge in [-0.2, -0.15) is 0 Å². The van der Waals surface area contributed by atoms with Gasteiger partial charge in [0.15, 0.2) is 5.84 Å². The van der Waals surface area contributed by atoms with Crippen LogP contribution in [0, 0.1) is 0 Å². The second-order valence-electron chi connectivity index (χ2n) is 14.7. The molecule has 0 saturated carbocycles. The standard InChI is InChI=1S/C53H36N6/c1-4-14-35(15-5-1)36-25-29-39(30-26-36)51-56-50(38-16-6-2-7-17-38)57-52(58-51)40-31-27-37(28-32-40)42-20-12-21-43(34-42)59-49-45-23-11-10-22-44(45)47-46(24-13-33-54-47)48(49)55-53(59)41-18-8-3-9-19-41/h1-34,50H,(H,56,57,58). The van der Waals surface area contributed by atoms with Gasteiger partial charge in [0, 0.05) is 44.7 Å². The second-order valence-corrected chi connectivity index (χ2v) is 14.7. The van der Waals surface area contributed by atoms with Crippen LogP contribution in [0.25, 0.3) is 72.0 Å². The lowest BCUT2D eigenvalue weighted by Gasteiger charge is -2.24. The summed E-state index contributed by atoms with van der Waals surface area (Å²) in [6.45, 7) is 0. The Morgan fingerprint density at radius 1 is 0.441 bits per heavy atom. The highest BCUT2D eigenvalue weighted by molar-refractivity contribution is 6.23. The summed E-state index contributed by atoms with van der Waals surface area (Å²) in [5, 5.41) is 6.88. The minimum Gasteiger partial charge on any atom is -0.344 e. The van der Waals surface area contributed by atoms with E-state index >= 15 is 0 Å². The van der Waals surface area contributed by atoms with Gasteiger partial charge in [-0.05, 0) is 52.1 Å². The first-order chi connectivity index (χ1) is 29.2. The van der Waals surface area contributed by atoms with E-state index in [1.54, 1.807) is 0 Å². The number of aliphatic imine (C=N–C) groups is 2. The molecule has 2 aromatic heterocycles. The molecule has 0 bridgehead atoms. The molecule has 1 N–H and O–H groups in total. The molecule has 0 spiro atoms. The molecule has 1 aliphatic rings. The minimum absolute atomic E-state index is 0.281. The van der Waals surface area contributed by atoms with Gasteiger partial charge in [-0.15, -0.1) is 0 Å². The zero-order chi connectivity index (χ0) is 39.1. The molecule has 278 valence electrons. The minimum atomic E-state index is -0.281. The molecule has 0 radical (unpaired) electrons. The molecular weight excluding hydrogens is 721 g/mol. The summed E-state index contributed by atoms with van der Waals surface area (Å²) in [6, 6.07) is 69.7. The average molecular weight is 757 g/mol. The molecule has 0 aliphatic carbocycles. The van der Waals surface area contributed by atoms with E-state index in [2.05, 4.69) is 174 Å². The average Bonchev–Trinajstić information content (AvgIpc) is 3.74. The maximum absolute atomic E-state index is 5.37. The third kappa shape index (κ3) is 6.24. The number of aromatic nitrogens is 3. The van der Waals surface area contributed by atoms with E-state index in [9.17, 15) is 0 Å². The fourth-order valence-electron chi connectivity index (χ4n) is 8.21. The largest absolute Gasteiger partial charge is 0.344 e. The smallest absolute Gasteiger partial charge is 0.159 e. The van der Waals surface area contributed by atoms with Gasteiger partial charge in [0.1, 0.15) is 17.8 Å². The number of amidine groups is 2. The maximum Gasteiger partial charge on any atom is 0.159 e. The molecule has 59 heavy (non-hydrogen) atoms. The SMILES string of the molecule is c1ccc(-c2ccc(C3=NC(c4ccccc4)NC(c4ccc(-c5cccc(-n6c(-c7ccccc7)nc7c8cccnc8c8ccccc8c76)c5)cc4)=N3)cc2)cc1. The second kappa shape index (κ2) is 14.5. The Morgan fingerprint density at radius 2 is 1.02 bits per heavy atom. The lowest BCUT2D eigenvalue weighted by molar-refractivity contribution is 0.674. The van der Waals surface area contributed by atoms with Crippen LogP contribution in [0.3, 0.4) is 0 Å². The first-order valence-electron chi connectivity index (χ1n) is 19.8. The number of nitrogens with one attached hydrogen (secondary N) is 1. The number of imidazole rings is 1. The third-order valence-electron chi connectivity index (χ3n) is 11.1. The molecular formula is C53H36N6. The van der Waals surface area contributed by atoms with Crippen LogP contribution in [-0.2, 0) is 0 Å². The van der Waals surface area contributed by atoms with Gasteiger partial charge in [0.2, 0.25) is 0 Å². The van der Waals surface area contributed by atoms with Crippen LogP contribution >= 0.6 is 0 Å². The number of benzene rings is 8. The Labute approximate surface area is 341 Å². The van der Waals surface area contributed by atoms with E-state index in [0.29, 0.717) is 5.84 Å². The topological polar surface area (TPSA) is 67.5 Å². The quantitative estimate of drug-likeness (QED) is 0.165. The summed E-state index contributed by atoms with van der Waals surface area (Å²) in [5.41, 5.74) is 12.6. The van der Waals surface area contributed by atoms with Gasteiger partial charge in [0.05, 0.1) is 16.6 Å². The van der Waals surface area contributed by atoms with Crippen LogP contribution in [0.2, 0.25) is 0 Å². The molecule has 0 amide bonds. The predicted molar refractivity (Wildman–Crippen MR) is 242 cm³/mol. The van der Waals surface area contributed by atoms with Crippen molar-refractivity contribution >= 4 is 44.4 Å². The van der Waals surface area contributed by atoms with Crippen LogP contribution in [0.1, 0.15) is 22.9 Å². The van der Waals surface area contributed by atoms with E-state index in [1.165, 1.54) is 5.56 Å². The zero-order valence-corrected chi connectivity index (χ0v) is 31.9. The molecule has 3 heterocycles. The van der Waals surface area contributed by atoms with Gasteiger partial charge in [-0.1, -0.05) is 176 Å². The summed E-state index contributed by atoms with van der Waals surface area (Å²) in [7, 11) is 0. The highest BCUT2D eigenvalue weighted by Gasteiger charge is 2.23. The number of rotatable bonds is 7. The predicted octanol–water partition coefficient (Wildman–Crippen LogP) is 12.2. The zero-order valence-electron chi connectivity index (χ0n) is 31.9. The number of nitrogens with zero attached hydrogens (tertiary/aromatic N) is 5. The van der Waals surface area contributed by atoms with Gasteiger partial charge in [-0.25, -0.2) is 15.0 Å². The van der Waals surface area contributed by atoms with E-state index in [0.717, 1.165) is 89.0 Å². The van der Waals surface area contributed by atoms with Crippen molar-refractivity contribution < 1.29 is 0 Å². The van der Waals surface area contributed by atoms with E-state index in [1.807, 2.05) is 42.6 Å². The lowest BCUT2D eigenvalue weighted by Crippen LogP contribution is -2.33. The molecule has 0 fully saturated rings. The number of pyridine rings is 1. The fraction of sp³-hybridized carbons (Fsp3) is 0.0189. The Morgan fingerprint density at radius 3 is 1.76 bits per heavy atom. The summed E-state index contributed by atoms with van der Waals surface area (Å²) in [4.78, 5) is 20.4. The van der Waals surface area contributed by atoms with Gasteiger partial charge in [-0.3, -0.25) is 9.55 Å². The van der Waals surface area contributed by atoms with Crippen LogP contribution in [0.15, 0.2) is 216 Å². The molecule has 6 heteroatoms. The summed E-state index contributed by atoms with van der Waals surface area (Å²) < 4.78 is 2.31. The van der Waals surface area contributed by atoms with Crippen LogP contribution in [0.5, 0.6) is 0 Å². The van der Waals surface area contributed by atoms with E-state index in [4.69, 9.17) is 20.0 Å². The highest BCUT2D eigenvalue weighted by Crippen LogP contribution is 2.39. The number of fused-ring (bicyclic) bond motifs is 6. The fourth-order valence-corrected chi connectivity index (χ4v) is 8.21. The molecule has 6 nitrogen and oxygen atoms in total. The van der Waals surface area contributed by atoms with Gasteiger partial charge in [0.25, 0.3) is 0 Å². The van der Waals surface area contributed by atoms with Crippen LogP contribution in [-0.4, -0.2) is 26.2 Å². The van der Waals surface area contributed by atoms with E-state index in [-0.39, 0.29) is 6.17 Å². The molecule has 1 aliphatic heterocycles. The number of hydrogen-bond donors (Lipinski definition) is 1. The molecule has 1 atom stereocenters. The maximum atomic E-state index is 5.37. The van der Waals surface area contributed by atoms with Crippen molar-refractivity contribution in [3.8, 4) is 39.3 Å². The molecule has 1 unspecified atom stereocenters. The molecule has 10 aromatic rings. The summed E-state index contributed by atoms with van der Waals surface area (Å²) >= 11 is 0. The van der Waals surface area contributed by atoms with Crippen molar-refractivity contribution in [3.63, 3.8) is 0 Å². The van der Waals surface area contributed by atoms with Crippen molar-refractivity contribution in [1.29, 1.82) is 0 Å². The van der Waals surface area contributed by atoms with Gasteiger partial charge < -0.3 is 5.32 Å². The van der Waals surface area contributed by atoms with Crippen molar-refractivity contribution in [1.82, 2.24) is 19.9 Å². The molecule has 8 aromatic carbocycles. The van der Waals surface area contributed by atoms with Crippen molar-refractivity contribution in [2.45, 2.75) is 6.17 Å². The Balaban J connectivity index is 0.985. The molecule has 11 rings (SSSR count). The first kappa shape index (κ1) is 34.3. The van der Waals surface area contributed by atoms with Crippen LogP contribution in [0.4, 0.5) is 0 Å². The van der Waals surface area contributed by atoms with E-state index < -0.39 is 0 Å². The van der Waals surface area contributed by atoms with Crippen LogP contribution < -0.4 is 5.32 Å². The lowest BCUT2D eigenvalue weighted by atomic mass is 10.0. The molecule has 0 saturated heterocycles. The monoisotopic (exact) mass is 756 g/mol. The Bertz CT molecular complexity index is 3210. The van der Waals surface area contributed by atoms with Gasteiger partial charge >= 0.3 is 0 Å². The van der Waals surface area contributed by atoms with Crippen molar-refractivity contribution in [2.75, 3.05) is 0 Å². The third-order valence-corrected chi connectivity index (χ3v) is 11.1. The van der Waals surface area contributed by atoms with Crippen molar-refractivity contribution in [3.05, 3.63) is 223 Å². The van der Waals surface area contributed by atoms with Crippen molar-refractivity contribution in [2.24, 2.45) is 9.98 Å². The highest BCUT2D eigenvalue weighted by atomic mass is 15.2.